The van der Waals surface area contributed by atoms with Gasteiger partial charge in [0, 0.05) is 22.3 Å². The highest BCUT2D eigenvalue weighted by Gasteiger charge is 2.62. The number of Topliss-reactive ketones (excluding diaryl/α,β-unsaturated/α-hetero) is 1. The zero-order valence-electron chi connectivity index (χ0n) is 14.2. The van der Waals surface area contributed by atoms with E-state index in [1.165, 1.54) is 57.1 Å². The Labute approximate surface area is 139 Å². The van der Waals surface area contributed by atoms with Crippen molar-refractivity contribution in [3.05, 3.63) is 0 Å². The standard InChI is InChI=1S/C20H30OS/c1-18-9-10-20(12-22-20)11-13(18)3-4-14-15-5-6-17(21)19(15,2)8-7-16(14)18/h13-16H,3-12H2,1-2H3/t13-,14+,15+,16+,18-,19-,20-/m0/s1. The van der Waals surface area contributed by atoms with Crippen molar-refractivity contribution in [1.82, 2.24) is 0 Å². The van der Waals surface area contributed by atoms with Gasteiger partial charge in [-0.1, -0.05) is 13.8 Å². The summed E-state index contributed by atoms with van der Waals surface area (Å²) < 4.78 is 0.726. The Balaban J connectivity index is 1.45. The van der Waals surface area contributed by atoms with E-state index in [2.05, 4.69) is 25.6 Å². The first-order valence-electron chi connectivity index (χ1n) is 9.64. The molecule has 0 amide bonds. The molecule has 1 nitrogen and oxygen atoms in total. The van der Waals surface area contributed by atoms with Crippen molar-refractivity contribution in [1.29, 1.82) is 0 Å². The Morgan fingerprint density at radius 1 is 1.00 bits per heavy atom. The van der Waals surface area contributed by atoms with Gasteiger partial charge in [0.15, 0.2) is 0 Å². The maximum atomic E-state index is 12.5. The Morgan fingerprint density at radius 3 is 2.59 bits per heavy atom. The van der Waals surface area contributed by atoms with Gasteiger partial charge in [0.25, 0.3) is 0 Å². The molecule has 1 spiro atoms. The molecule has 1 aliphatic heterocycles. The van der Waals surface area contributed by atoms with Crippen LogP contribution in [0, 0.1) is 34.5 Å². The van der Waals surface area contributed by atoms with E-state index in [9.17, 15) is 4.79 Å². The Kier molecular flexibility index (Phi) is 2.84. The Morgan fingerprint density at radius 2 is 1.82 bits per heavy atom. The summed E-state index contributed by atoms with van der Waals surface area (Å²) in [4.78, 5) is 12.5. The van der Waals surface area contributed by atoms with E-state index in [1.807, 2.05) is 0 Å². The zero-order valence-corrected chi connectivity index (χ0v) is 15.0. The lowest BCUT2D eigenvalue weighted by atomic mass is 9.45. The van der Waals surface area contributed by atoms with E-state index in [4.69, 9.17) is 0 Å². The third-order valence-corrected chi connectivity index (χ3v) is 10.5. The first kappa shape index (κ1) is 14.4. The average Bonchev–Trinajstić information content (AvgIpc) is 3.19. The van der Waals surface area contributed by atoms with Crippen LogP contribution in [-0.2, 0) is 4.79 Å². The zero-order chi connectivity index (χ0) is 15.2. The summed E-state index contributed by atoms with van der Waals surface area (Å²) in [5.74, 6) is 5.55. The predicted octanol–water partition coefficient (Wildman–Crippen LogP) is 5.08. The molecule has 5 fully saturated rings. The minimum atomic E-state index is 0.0621. The van der Waals surface area contributed by atoms with E-state index in [-0.39, 0.29) is 5.41 Å². The van der Waals surface area contributed by atoms with E-state index in [0.717, 1.165) is 34.8 Å². The van der Waals surface area contributed by atoms with Crippen molar-refractivity contribution >= 4 is 17.5 Å². The summed E-state index contributed by atoms with van der Waals surface area (Å²) in [5.41, 5.74) is 0.664. The lowest BCUT2D eigenvalue weighted by molar-refractivity contribution is -0.139. The molecule has 122 valence electrons. The molecule has 0 unspecified atom stereocenters. The highest BCUT2D eigenvalue weighted by molar-refractivity contribution is 8.07. The molecule has 4 saturated carbocycles. The SMILES string of the molecule is C[C@]12CC[C@@]3(CS3)C[C@@H]1CC[C@H]1[C@H]2CC[C@]2(C)C(=O)CC[C@H]12. The molecule has 1 saturated heterocycles. The second-order valence-corrected chi connectivity index (χ2v) is 11.2. The van der Waals surface area contributed by atoms with E-state index < -0.39 is 0 Å². The van der Waals surface area contributed by atoms with Crippen molar-refractivity contribution in [2.75, 3.05) is 5.75 Å². The summed E-state index contributed by atoms with van der Waals surface area (Å²) in [7, 11) is 0. The number of ketones is 1. The van der Waals surface area contributed by atoms with E-state index in [0.29, 0.717) is 11.2 Å². The number of carbonyl (C=O) groups excluding carboxylic acids is 1. The van der Waals surface area contributed by atoms with Crippen molar-refractivity contribution in [3.63, 3.8) is 0 Å². The number of hydrogen-bond donors (Lipinski definition) is 0. The van der Waals surface area contributed by atoms with Crippen LogP contribution in [0.2, 0.25) is 0 Å². The average molecular weight is 319 g/mol. The lowest BCUT2D eigenvalue weighted by Crippen LogP contribution is -2.54. The van der Waals surface area contributed by atoms with Gasteiger partial charge in [-0.25, -0.2) is 0 Å². The van der Waals surface area contributed by atoms with Crippen molar-refractivity contribution < 1.29 is 4.79 Å². The van der Waals surface area contributed by atoms with Gasteiger partial charge >= 0.3 is 0 Å². The van der Waals surface area contributed by atoms with E-state index in [1.54, 1.807) is 0 Å². The van der Waals surface area contributed by atoms with Gasteiger partial charge in [0.1, 0.15) is 5.78 Å². The number of hydrogen-bond acceptors (Lipinski definition) is 2. The molecular weight excluding hydrogens is 288 g/mol. The molecule has 2 heteroatoms. The second-order valence-electron chi connectivity index (χ2n) is 9.75. The smallest absolute Gasteiger partial charge is 0.139 e. The minimum absolute atomic E-state index is 0.0621. The minimum Gasteiger partial charge on any atom is -0.299 e. The van der Waals surface area contributed by atoms with Gasteiger partial charge < -0.3 is 0 Å². The van der Waals surface area contributed by atoms with Crippen LogP contribution in [0.25, 0.3) is 0 Å². The third-order valence-electron chi connectivity index (χ3n) is 9.06. The van der Waals surface area contributed by atoms with Crippen molar-refractivity contribution in [2.45, 2.75) is 76.4 Å². The number of carbonyl (C=O) groups is 1. The molecular formula is C20H30OS. The fourth-order valence-electron chi connectivity index (χ4n) is 7.44. The van der Waals surface area contributed by atoms with Crippen LogP contribution in [-0.4, -0.2) is 16.3 Å². The van der Waals surface area contributed by atoms with Crippen molar-refractivity contribution in [3.8, 4) is 0 Å². The molecule has 7 atom stereocenters. The fourth-order valence-corrected chi connectivity index (χ4v) is 8.47. The van der Waals surface area contributed by atoms with Gasteiger partial charge in [-0.3, -0.25) is 4.79 Å². The van der Waals surface area contributed by atoms with Crippen LogP contribution in [0.15, 0.2) is 0 Å². The van der Waals surface area contributed by atoms with Gasteiger partial charge in [0.05, 0.1) is 0 Å². The third kappa shape index (κ3) is 1.71. The maximum Gasteiger partial charge on any atom is 0.139 e. The first-order chi connectivity index (χ1) is 10.5. The molecule has 0 aromatic rings. The van der Waals surface area contributed by atoms with Crippen LogP contribution in [0.5, 0.6) is 0 Å². The maximum absolute atomic E-state index is 12.5. The summed E-state index contributed by atoms with van der Waals surface area (Å²) in [6.07, 6.45) is 12.0. The van der Waals surface area contributed by atoms with Crippen LogP contribution >= 0.6 is 11.8 Å². The van der Waals surface area contributed by atoms with Crippen LogP contribution in [0.3, 0.4) is 0 Å². The fraction of sp³-hybridized carbons (Fsp3) is 0.950. The molecule has 0 radical (unpaired) electrons. The molecule has 4 aliphatic carbocycles. The summed E-state index contributed by atoms with van der Waals surface area (Å²) in [6, 6.07) is 0. The van der Waals surface area contributed by atoms with Gasteiger partial charge in [-0.2, -0.15) is 11.8 Å². The Hall–Kier alpha value is 0.0200. The molecule has 0 bridgehead atoms. The van der Waals surface area contributed by atoms with Crippen LogP contribution in [0.4, 0.5) is 0 Å². The summed E-state index contributed by atoms with van der Waals surface area (Å²) >= 11 is 2.25. The Bertz CT molecular complexity index is 524. The second kappa shape index (κ2) is 4.35. The molecule has 0 aromatic heterocycles. The number of fused-ring (bicyclic) bond motifs is 5. The van der Waals surface area contributed by atoms with Gasteiger partial charge in [-0.05, 0) is 80.5 Å². The summed E-state index contributed by atoms with van der Waals surface area (Å²) in [6.45, 7) is 4.96. The quantitative estimate of drug-likeness (QED) is 0.579. The molecule has 22 heavy (non-hydrogen) atoms. The molecule has 0 aromatic carbocycles. The first-order valence-corrected chi connectivity index (χ1v) is 10.6. The topological polar surface area (TPSA) is 17.1 Å². The highest BCUT2D eigenvalue weighted by atomic mass is 32.2. The molecule has 5 rings (SSSR count). The monoisotopic (exact) mass is 318 g/mol. The van der Waals surface area contributed by atoms with Gasteiger partial charge in [-0.15, -0.1) is 0 Å². The normalized spacial score (nSPS) is 59.8. The lowest BCUT2D eigenvalue weighted by Gasteiger charge is -2.60. The van der Waals surface area contributed by atoms with Crippen LogP contribution < -0.4 is 0 Å². The summed E-state index contributed by atoms with van der Waals surface area (Å²) in [5, 5.41) is 0. The van der Waals surface area contributed by atoms with Crippen LogP contribution in [0.1, 0.15) is 71.6 Å². The molecule has 5 aliphatic rings. The highest BCUT2D eigenvalue weighted by Crippen LogP contribution is 2.69. The molecule has 1 heterocycles. The van der Waals surface area contributed by atoms with E-state index >= 15 is 0 Å². The number of rotatable bonds is 0. The molecule has 0 N–H and O–H groups in total. The van der Waals surface area contributed by atoms with Gasteiger partial charge in [0.2, 0.25) is 0 Å². The predicted molar refractivity (Wildman–Crippen MR) is 91.9 cm³/mol. The van der Waals surface area contributed by atoms with Crippen molar-refractivity contribution in [2.24, 2.45) is 34.5 Å². The largest absolute Gasteiger partial charge is 0.299 e. The number of thioether (sulfide) groups is 1.